The van der Waals surface area contributed by atoms with Gasteiger partial charge in [0.15, 0.2) is 0 Å². The molecule has 8 heteroatoms. The normalized spacial score (nSPS) is 16.6. The molecule has 1 N–H and O–H groups in total. The minimum atomic E-state index is -0.566. The summed E-state index contributed by atoms with van der Waals surface area (Å²) >= 11 is 13.6. The molecule has 4 rings (SSSR count). The number of hydrogen-bond acceptors (Lipinski definition) is 4. The van der Waals surface area contributed by atoms with Gasteiger partial charge < -0.3 is 5.32 Å². The summed E-state index contributed by atoms with van der Waals surface area (Å²) in [5.41, 5.74) is 3.29. The molecule has 3 aromatic rings. The van der Waals surface area contributed by atoms with Crippen LogP contribution in [0.5, 0.6) is 0 Å². The smallest absolute Gasteiger partial charge is 0.264 e. The van der Waals surface area contributed by atoms with Crippen LogP contribution in [0.4, 0.5) is 5.69 Å². The second-order valence-corrected chi connectivity index (χ2v) is 11.0. The van der Waals surface area contributed by atoms with Gasteiger partial charge in [-0.15, -0.1) is 0 Å². The van der Waals surface area contributed by atoms with Gasteiger partial charge in [0.1, 0.15) is 16.7 Å². The van der Waals surface area contributed by atoms with Crippen molar-refractivity contribution in [3.8, 4) is 6.07 Å². The number of halogens is 2. The van der Waals surface area contributed by atoms with Crippen molar-refractivity contribution >= 4 is 52.5 Å². The highest BCUT2D eigenvalue weighted by Crippen LogP contribution is 2.42. The summed E-state index contributed by atoms with van der Waals surface area (Å²) in [5, 5.41) is 13.5. The molecule has 0 spiro atoms. The summed E-state index contributed by atoms with van der Waals surface area (Å²) < 4.78 is 0. The molecule has 2 amide bonds. The fraction of sp³-hybridized carbons (Fsp3) is 0.207. The van der Waals surface area contributed by atoms with E-state index in [2.05, 4.69) is 19.2 Å². The number of amides is 2. The molecule has 0 bridgehead atoms. The summed E-state index contributed by atoms with van der Waals surface area (Å²) in [5.74, 6) is -0.423. The minimum absolute atomic E-state index is 0.105. The number of hydrogen-bond donors (Lipinski definition) is 1. The number of nitrogens with one attached hydrogen (secondary N) is 1. The van der Waals surface area contributed by atoms with Gasteiger partial charge in [0.25, 0.3) is 5.91 Å². The van der Waals surface area contributed by atoms with E-state index < -0.39 is 11.2 Å². The van der Waals surface area contributed by atoms with Crippen LogP contribution in [0.2, 0.25) is 10.0 Å². The Kier molecular flexibility index (Phi) is 8.60. The van der Waals surface area contributed by atoms with Crippen LogP contribution in [0.15, 0.2) is 83.4 Å². The van der Waals surface area contributed by atoms with E-state index >= 15 is 0 Å². The zero-order valence-corrected chi connectivity index (χ0v) is 22.7. The Hall–Kier alpha value is -3.24. The average Bonchev–Trinajstić information content (AvgIpc) is 3.20. The minimum Gasteiger partial charge on any atom is -0.347 e. The first-order chi connectivity index (χ1) is 17.8. The highest BCUT2D eigenvalue weighted by molar-refractivity contribution is 8.05. The van der Waals surface area contributed by atoms with Gasteiger partial charge in [-0.05, 0) is 53.3 Å². The first kappa shape index (κ1) is 26.8. The summed E-state index contributed by atoms with van der Waals surface area (Å²) in [7, 11) is 0. The third-order valence-corrected chi connectivity index (χ3v) is 7.89. The van der Waals surface area contributed by atoms with Gasteiger partial charge in [-0.25, -0.2) is 0 Å². The maximum absolute atomic E-state index is 13.7. The Bertz CT molecular complexity index is 1380. The van der Waals surface area contributed by atoms with Crippen LogP contribution >= 0.6 is 35.0 Å². The highest BCUT2D eigenvalue weighted by Gasteiger charge is 2.41. The molecular formula is C29H25Cl2N3O2S. The van der Waals surface area contributed by atoms with Crippen LogP contribution in [0.1, 0.15) is 36.5 Å². The summed E-state index contributed by atoms with van der Waals surface area (Å²) in [6, 6.07) is 24.3. The average molecular weight is 551 g/mol. The molecule has 1 atom stereocenters. The fourth-order valence-corrected chi connectivity index (χ4v) is 5.76. The maximum Gasteiger partial charge on any atom is 0.264 e. The highest BCUT2D eigenvalue weighted by atomic mass is 35.5. The Morgan fingerprint density at radius 2 is 1.78 bits per heavy atom. The van der Waals surface area contributed by atoms with Gasteiger partial charge >= 0.3 is 0 Å². The maximum atomic E-state index is 13.7. The molecule has 1 aliphatic rings. The fourth-order valence-electron chi connectivity index (χ4n) is 3.98. The van der Waals surface area contributed by atoms with E-state index in [0.29, 0.717) is 33.1 Å². The third kappa shape index (κ3) is 6.19. The lowest BCUT2D eigenvalue weighted by Crippen LogP contribution is -2.32. The Balaban J connectivity index is 1.69. The van der Waals surface area contributed by atoms with Gasteiger partial charge in [-0.3, -0.25) is 14.5 Å². The van der Waals surface area contributed by atoms with E-state index in [4.69, 9.17) is 23.2 Å². The van der Waals surface area contributed by atoms with Gasteiger partial charge in [0, 0.05) is 22.3 Å². The molecular weight excluding hydrogens is 525 g/mol. The number of carbonyl (C=O) groups excluding carboxylic acids is 2. The second-order valence-electron chi connectivity index (χ2n) is 8.93. The van der Waals surface area contributed by atoms with Crippen molar-refractivity contribution in [2.75, 3.05) is 4.90 Å². The van der Waals surface area contributed by atoms with Crippen molar-refractivity contribution in [2.24, 2.45) is 0 Å². The monoisotopic (exact) mass is 549 g/mol. The molecule has 1 fully saturated rings. The molecule has 0 aliphatic carbocycles. The molecule has 1 heterocycles. The molecule has 1 saturated heterocycles. The SMILES string of the molecule is CC(C)c1ccc(N2C(=O)C(Cc3ccc(Cl)cc3Cl)S/C2=C(/C#N)C(=O)NCc2ccccc2)cc1. The number of carbonyl (C=O) groups is 2. The molecule has 188 valence electrons. The van der Waals surface area contributed by atoms with E-state index in [1.807, 2.05) is 60.7 Å². The van der Waals surface area contributed by atoms with Crippen molar-refractivity contribution in [3.05, 3.63) is 110 Å². The lowest BCUT2D eigenvalue weighted by atomic mass is 10.0. The van der Waals surface area contributed by atoms with Crippen molar-refractivity contribution in [1.29, 1.82) is 5.26 Å². The van der Waals surface area contributed by atoms with Gasteiger partial charge in [-0.2, -0.15) is 5.26 Å². The van der Waals surface area contributed by atoms with Gasteiger partial charge in [-0.1, -0.05) is 97.3 Å². The van der Waals surface area contributed by atoms with Crippen molar-refractivity contribution in [3.63, 3.8) is 0 Å². The molecule has 37 heavy (non-hydrogen) atoms. The Labute approximate surface area is 231 Å². The largest absolute Gasteiger partial charge is 0.347 e. The quantitative estimate of drug-likeness (QED) is 0.258. The first-order valence-electron chi connectivity index (χ1n) is 11.8. The van der Waals surface area contributed by atoms with E-state index in [0.717, 1.165) is 16.7 Å². The molecule has 1 unspecified atom stereocenters. The molecule has 5 nitrogen and oxygen atoms in total. The summed E-state index contributed by atoms with van der Waals surface area (Å²) in [6.07, 6.45) is 0.327. The number of rotatable bonds is 7. The summed E-state index contributed by atoms with van der Waals surface area (Å²) in [4.78, 5) is 28.3. The predicted octanol–water partition coefficient (Wildman–Crippen LogP) is 6.86. The number of benzene rings is 3. The lowest BCUT2D eigenvalue weighted by Gasteiger charge is -2.19. The van der Waals surface area contributed by atoms with Gasteiger partial charge in [0.05, 0.1) is 5.25 Å². The zero-order chi connectivity index (χ0) is 26.5. The molecule has 0 saturated carbocycles. The van der Waals surface area contributed by atoms with Crippen LogP contribution in [0.3, 0.4) is 0 Å². The van der Waals surface area contributed by atoms with Crippen LogP contribution in [0, 0.1) is 11.3 Å². The van der Waals surface area contributed by atoms with Crippen LogP contribution in [-0.4, -0.2) is 17.1 Å². The molecule has 0 radical (unpaired) electrons. The second kappa shape index (κ2) is 11.9. The van der Waals surface area contributed by atoms with E-state index in [1.54, 1.807) is 18.2 Å². The first-order valence-corrected chi connectivity index (χ1v) is 13.4. The van der Waals surface area contributed by atoms with Crippen molar-refractivity contribution < 1.29 is 9.59 Å². The standard InChI is InChI=1S/C29H25Cl2N3O2S/c1-18(2)20-9-12-23(13-10-20)34-28(36)26(14-21-8-11-22(30)15-25(21)31)37-29(34)24(16-32)27(35)33-17-19-6-4-3-5-7-19/h3-13,15,18,26H,14,17H2,1-2H3,(H,33,35)/b29-24-. The number of nitriles is 1. The van der Waals surface area contributed by atoms with E-state index in [9.17, 15) is 14.9 Å². The molecule has 0 aromatic heterocycles. The molecule has 3 aromatic carbocycles. The summed E-state index contributed by atoms with van der Waals surface area (Å²) in [6.45, 7) is 4.45. The molecule has 1 aliphatic heterocycles. The number of thioether (sulfide) groups is 1. The van der Waals surface area contributed by atoms with Crippen LogP contribution in [0.25, 0.3) is 0 Å². The van der Waals surface area contributed by atoms with Crippen LogP contribution < -0.4 is 10.2 Å². The third-order valence-electron chi connectivity index (χ3n) is 6.04. The zero-order valence-electron chi connectivity index (χ0n) is 20.4. The Morgan fingerprint density at radius 3 is 2.41 bits per heavy atom. The lowest BCUT2D eigenvalue weighted by molar-refractivity contribution is -0.117. The number of anilines is 1. The Morgan fingerprint density at radius 1 is 1.08 bits per heavy atom. The topological polar surface area (TPSA) is 73.2 Å². The van der Waals surface area contributed by atoms with E-state index in [1.165, 1.54) is 16.7 Å². The van der Waals surface area contributed by atoms with Crippen molar-refractivity contribution in [2.45, 2.75) is 38.0 Å². The predicted molar refractivity (Wildman–Crippen MR) is 150 cm³/mol. The number of nitrogens with zero attached hydrogens (tertiary/aromatic N) is 2. The van der Waals surface area contributed by atoms with Gasteiger partial charge in [0.2, 0.25) is 5.91 Å². The van der Waals surface area contributed by atoms with Crippen molar-refractivity contribution in [1.82, 2.24) is 5.32 Å². The van der Waals surface area contributed by atoms with Crippen LogP contribution in [-0.2, 0) is 22.6 Å². The van der Waals surface area contributed by atoms with E-state index in [-0.39, 0.29) is 18.0 Å².